The lowest BCUT2D eigenvalue weighted by molar-refractivity contribution is -0.141. The van der Waals surface area contributed by atoms with Gasteiger partial charge in [0, 0.05) is 33.8 Å². The smallest absolute Gasteiger partial charge is 0.196 e. The minimum atomic E-state index is -0.0738. The van der Waals surface area contributed by atoms with Gasteiger partial charge in [-0.3, -0.25) is 9.36 Å². The fraction of sp³-hybridized carbons (Fsp3) is 0.414. The fourth-order valence-electron chi connectivity index (χ4n) is 7.53. The molecule has 8 rings (SSSR count). The van der Waals surface area contributed by atoms with E-state index in [2.05, 4.69) is 63.1 Å². The first-order valence-electron chi connectivity index (χ1n) is 12.8. The Hall–Kier alpha value is -2.86. The standard InChI is InChI=1S/C29H30N4OS/c1-18-5-4-6-22(9-18)33-27(24-16-30-25-8-3-2-7-23(24)25)31-32-28(33)35-17-26(34)29-13-19-10-20(14-29)12-21(11-19)15-29/h2-9,16,19-21,30H,10-15,17H2,1H3. The number of carbonyl (C=O) groups is 1. The van der Waals surface area contributed by atoms with Gasteiger partial charge in [0.2, 0.25) is 0 Å². The molecule has 0 aliphatic heterocycles. The number of para-hydroxylation sites is 1. The van der Waals surface area contributed by atoms with Crippen LogP contribution >= 0.6 is 11.8 Å². The molecule has 0 amide bonds. The second-order valence-corrected chi connectivity index (χ2v) is 12.1. The third-order valence-electron chi connectivity index (χ3n) is 8.69. The summed E-state index contributed by atoms with van der Waals surface area (Å²) in [6.45, 7) is 2.10. The van der Waals surface area contributed by atoms with Gasteiger partial charge in [-0.15, -0.1) is 10.2 Å². The molecule has 178 valence electrons. The topological polar surface area (TPSA) is 63.6 Å². The Labute approximate surface area is 209 Å². The van der Waals surface area contributed by atoms with Crippen LogP contribution < -0.4 is 0 Å². The lowest BCUT2D eigenvalue weighted by Gasteiger charge is -2.56. The van der Waals surface area contributed by atoms with Crippen LogP contribution in [0.15, 0.2) is 59.9 Å². The number of thioether (sulfide) groups is 1. The number of carbonyl (C=O) groups excluding carboxylic acids is 1. The lowest BCUT2D eigenvalue weighted by Crippen LogP contribution is -2.50. The first-order valence-corrected chi connectivity index (χ1v) is 13.8. The van der Waals surface area contributed by atoms with Gasteiger partial charge < -0.3 is 4.98 Å². The van der Waals surface area contributed by atoms with Gasteiger partial charge in [-0.25, -0.2) is 0 Å². The zero-order valence-corrected chi connectivity index (χ0v) is 20.9. The number of rotatable bonds is 6. The Bertz CT molecular complexity index is 1400. The SMILES string of the molecule is Cc1cccc(-n2c(SCC(=O)C34CC5CC(CC(C5)C3)C4)nnc2-c2c[nH]c3ccccc23)c1. The number of aromatic amines is 1. The van der Waals surface area contributed by atoms with E-state index < -0.39 is 0 Å². The normalized spacial score (nSPS) is 27.1. The highest BCUT2D eigenvalue weighted by Gasteiger charge is 2.54. The molecule has 0 unspecified atom stereocenters. The number of hydrogen-bond donors (Lipinski definition) is 1. The largest absolute Gasteiger partial charge is 0.360 e. The van der Waals surface area contributed by atoms with Crippen LogP contribution in [0.3, 0.4) is 0 Å². The minimum absolute atomic E-state index is 0.0738. The van der Waals surface area contributed by atoms with E-state index in [0.29, 0.717) is 11.5 Å². The molecule has 5 nitrogen and oxygen atoms in total. The number of nitrogens with zero attached hydrogens (tertiary/aromatic N) is 3. The summed E-state index contributed by atoms with van der Waals surface area (Å²) in [4.78, 5) is 17.1. The summed E-state index contributed by atoms with van der Waals surface area (Å²) in [6, 6.07) is 16.7. The number of hydrogen-bond acceptors (Lipinski definition) is 4. The zero-order valence-electron chi connectivity index (χ0n) is 20.0. The van der Waals surface area contributed by atoms with Crippen LogP contribution in [0.1, 0.15) is 44.1 Å². The minimum Gasteiger partial charge on any atom is -0.360 e. The molecule has 4 fully saturated rings. The van der Waals surface area contributed by atoms with Crippen LogP contribution in [0.5, 0.6) is 0 Å². The van der Waals surface area contributed by atoms with Gasteiger partial charge in [0.25, 0.3) is 0 Å². The molecule has 4 saturated carbocycles. The highest BCUT2D eigenvalue weighted by Crippen LogP contribution is 2.60. The molecular weight excluding hydrogens is 452 g/mol. The van der Waals surface area contributed by atoms with E-state index in [1.54, 1.807) is 11.8 Å². The predicted molar refractivity (Wildman–Crippen MR) is 140 cm³/mol. The summed E-state index contributed by atoms with van der Waals surface area (Å²) in [5, 5.41) is 11.2. The summed E-state index contributed by atoms with van der Waals surface area (Å²) in [6.07, 6.45) is 9.42. The molecule has 0 saturated heterocycles. The molecule has 2 aromatic heterocycles. The van der Waals surface area contributed by atoms with Crippen molar-refractivity contribution in [3.05, 3.63) is 60.3 Å². The van der Waals surface area contributed by atoms with Crippen molar-refractivity contribution in [1.82, 2.24) is 19.7 Å². The number of aromatic nitrogens is 4. The Morgan fingerprint density at radius 3 is 2.51 bits per heavy atom. The Balaban J connectivity index is 1.23. The highest BCUT2D eigenvalue weighted by molar-refractivity contribution is 7.99. The van der Waals surface area contributed by atoms with Gasteiger partial charge in [-0.1, -0.05) is 42.1 Å². The lowest BCUT2D eigenvalue weighted by atomic mass is 9.48. The monoisotopic (exact) mass is 482 g/mol. The van der Waals surface area contributed by atoms with Gasteiger partial charge in [0.15, 0.2) is 11.0 Å². The van der Waals surface area contributed by atoms with E-state index >= 15 is 0 Å². The maximum atomic E-state index is 13.7. The van der Waals surface area contributed by atoms with Crippen molar-refractivity contribution in [2.75, 3.05) is 5.75 Å². The first-order chi connectivity index (χ1) is 17.1. The molecule has 2 heterocycles. The van der Waals surface area contributed by atoms with E-state index in [4.69, 9.17) is 0 Å². The van der Waals surface area contributed by atoms with Crippen molar-refractivity contribution >= 4 is 28.4 Å². The molecule has 1 N–H and O–H groups in total. The summed E-state index contributed by atoms with van der Waals surface area (Å²) >= 11 is 1.56. The molecule has 35 heavy (non-hydrogen) atoms. The van der Waals surface area contributed by atoms with Gasteiger partial charge in [-0.05, 0) is 87.0 Å². The average molecular weight is 483 g/mol. The van der Waals surface area contributed by atoms with Gasteiger partial charge in [0.05, 0.1) is 5.75 Å². The van der Waals surface area contributed by atoms with Crippen molar-refractivity contribution in [2.45, 2.75) is 50.6 Å². The van der Waals surface area contributed by atoms with E-state index in [-0.39, 0.29) is 5.41 Å². The predicted octanol–water partition coefficient (Wildman–Crippen LogP) is 6.60. The molecule has 0 spiro atoms. The van der Waals surface area contributed by atoms with Crippen molar-refractivity contribution in [1.29, 1.82) is 0 Å². The molecule has 4 aliphatic rings. The molecule has 0 radical (unpaired) electrons. The fourth-order valence-corrected chi connectivity index (χ4v) is 8.52. The van der Waals surface area contributed by atoms with Crippen molar-refractivity contribution in [2.24, 2.45) is 23.2 Å². The second-order valence-electron chi connectivity index (χ2n) is 11.1. The molecular formula is C29H30N4OS. The third kappa shape index (κ3) is 3.56. The van der Waals surface area contributed by atoms with Gasteiger partial charge in [0.1, 0.15) is 5.78 Å². The third-order valence-corrected chi connectivity index (χ3v) is 9.61. The van der Waals surface area contributed by atoms with Gasteiger partial charge >= 0.3 is 0 Å². The average Bonchev–Trinajstić information content (AvgIpc) is 3.45. The first kappa shape index (κ1) is 21.4. The van der Waals surface area contributed by atoms with E-state index in [1.807, 2.05) is 18.3 Å². The molecule has 0 atom stereocenters. The Morgan fingerprint density at radius 2 is 1.77 bits per heavy atom. The quantitative estimate of drug-likeness (QED) is 0.314. The number of benzene rings is 2. The molecule has 4 aromatic rings. The van der Waals surface area contributed by atoms with Crippen LogP contribution in [0, 0.1) is 30.1 Å². The second kappa shape index (κ2) is 8.09. The van der Waals surface area contributed by atoms with Crippen molar-refractivity contribution in [3.63, 3.8) is 0 Å². The van der Waals surface area contributed by atoms with Crippen LogP contribution in [-0.4, -0.2) is 31.3 Å². The number of fused-ring (bicyclic) bond motifs is 1. The van der Waals surface area contributed by atoms with Crippen LogP contribution in [0.25, 0.3) is 28.0 Å². The molecule has 4 bridgehead atoms. The number of Topliss-reactive ketones (excluding diaryl/α,β-unsaturated/α-hetero) is 1. The number of H-pyrrole nitrogens is 1. The van der Waals surface area contributed by atoms with Gasteiger partial charge in [-0.2, -0.15) is 0 Å². The summed E-state index contributed by atoms with van der Waals surface area (Å²) in [5.41, 5.74) is 4.23. The summed E-state index contributed by atoms with van der Waals surface area (Å²) in [7, 11) is 0. The van der Waals surface area contributed by atoms with Crippen LogP contribution in [0.2, 0.25) is 0 Å². The van der Waals surface area contributed by atoms with Crippen molar-refractivity contribution < 1.29 is 4.79 Å². The number of aryl methyl sites for hydroxylation is 1. The molecule has 2 aromatic carbocycles. The van der Waals surface area contributed by atoms with Crippen LogP contribution in [-0.2, 0) is 4.79 Å². The van der Waals surface area contributed by atoms with E-state index in [9.17, 15) is 4.79 Å². The van der Waals surface area contributed by atoms with Crippen LogP contribution in [0.4, 0.5) is 0 Å². The van der Waals surface area contributed by atoms with E-state index in [0.717, 1.165) is 70.2 Å². The summed E-state index contributed by atoms with van der Waals surface area (Å²) in [5.74, 6) is 4.05. The zero-order chi connectivity index (χ0) is 23.6. The Kier molecular flexibility index (Phi) is 4.95. The Morgan fingerprint density at radius 1 is 1.03 bits per heavy atom. The maximum absolute atomic E-state index is 13.7. The molecule has 6 heteroatoms. The molecule has 4 aliphatic carbocycles. The van der Waals surface area contributed by atoms with E-state index in [1.165, 1.54) is 24.8 Å². The van der Waals surface area contributed by atoms with Crippen molar-refractivity contribution in [3.8, 4) is 17.1 Å². The highest BCUT2D eigenvalue weighted by atomic mass is 32.2. The summed E-state index contributed by atoms with van der Waals surface area (Å²) < 4.78 is 2.13. The number of nitrogens with one attached hydrogen (secondary N) is 1. The number of ketones is 1. The maximum Gasteiger partial charge on any atom is 0.196 e.